The van der Waals surface area contributed by atoms with Crippen molar-refractivity contribution in [1.29, 1.82) is 0 Å². The van der Waals surface area contributed by atoms with Crippen molar-refractivity contribution in [3.05, 3.63) is 77.2 Å². The Bertz CT molecular complexity index is 844. The van der Waals surface area contributed by atoms with Crippen molar-refractivity contribution in [3.63, 3.8) is 0 Å². The van der Waals surface area contributed by atoms with Crippen molar-refractivity contribution in [2.75, 3.05) is 4.72 Å². The number of aryl methyl sites for hydroxylation is 1. The molecule has 0 aliphatic carbocycles. The van der Waals surface area contributed by atoms with Crippen LogP contribution in [0.3, 0.4) is 0 Å². The Morgan fingerprint density at radius 1 is 0.957 bits per heavy atom. The monoisotopic (exact) mass is 338 g/mol. The number of fused-ring (bicyclic) bond motifs is 1. The van der Waals surface area contributed by atoms with Crippen LogP contribution in [0.2, 0.25) is 0 Å². The molecular weight excluding hydrogens is 320 g/mol. The largest absolute Gasteiger partial charge is 0.325 e. The summed E-state index contributed by atoms with van der Waals surface area (Å²) in [5, 5.41) is 10.3. The van der Waals surface area contributed by atoms with E-state index in [0.717, 1.165) is 10.6 Å². The zero-order valence-electron chi connectivity index (χ0n) is 12.8. The van der Waals surface area contributed by atoms with Gasteiger partial charge in [-0.1, -0.05) is 42.5 Å². The van der Waals surface area contributed by atoms with Crippen molar-refractivity contribution < 1.29 is 0 Å². The number of hydrogen-bond acceptors (Lipinski definition) is 4. The topological polar surface area (TPSA) is 38.0 Å². The first-order chi connectivity index (χ1) is 11.3. The van der Waals surface area contributed by atoms with Crippen LogP contribution in [0.15, 0.2) is 71.0 Å². The van der Waals surface area contributed by atoms with Gasteiger partial charge >= 0.3 is 0 Å². The Hall–Kier alpha value is -1.88. The SMILES string of the molecule is Cc1ccc(NS/C=C/c2ccc3ccccc3c2)c(SN)c1. The highest BCUT2D eigenvalue weighted by molar-refractivity contribution is 8.03. The number of nitrogens with one attached hydrogen (secondary N) is 1. The predicted octanol–water partition coefficient (Wildman–Crippen LogP) is 5.85. The summed E-state index contributed by atoms with van der Waals surface area (Å²) >= 11 is 2.81. The number of hydrogen-bond donors (Lipinski definition) is 2. The maximum atomic E-state index is 5.72. The van der Waals surface area contributed by atoms with Crippen molar-refractivity contribution in [3.8, 4) is 0 Å². The fraction of sp³-hybridized carbons (Fsp3) is 0.0526. The zero-order chi connectivity index (χ0) is 16.1. The van der Waals surface area contributed by atoms with Crippen molar-refractivity contribution in [2.24, 2.45) is 5.14 Å². The smallest absolute Gasteiger partial charge is 0.0593 e. The molecule has 0 saturated carbocycles. The molecule has 116 valence electrons. The average molecular weight is 339 g/mol. The Morgan fingerprint density at radius 3 is 2.61 bits per heavy atom. The molecule has 3 aromatic rings. The normalized spacial score (nSPS) is 11.2. The maximum Gasteiger partial charge on any atom is 0.0593 e. The van der Waals surface area contributed by atoms with E-state index in [0.29, 0.717) is 0 Å². The first-order valence-corrected chi connectivity index (χ1v) is 9.06. The lowest BCUT2D eigenvalue weighted by molar-refractivity contribution is 1.36. The molecule has 0 aromatic heterocycles. The molecule has 3 N–H and O–H groups in total. The summed E-state index contributed by atoms with van der Waals surface area (Å²) in [5.74, 6) is 0. The summed E-state index contributed by atoms with van der Waals surface area (Å²) in [6.07, 6.45) is 2.10. The Balaban J connectivity index is 1.66. The fourth-order valence-corrected chi connectivity index (χ4v) is 3.50. The predicted molar refractivity (Wildman–Crippen MR) is 105 cm³/mol. The van der Waals surface area contributed by atoms with Crippen LogP contribution in [0.1, 0.15) is 11.1 Å². The summed E-state index contributed by atoms with van der Waals surface area (Å²) in [7, 11) is 0. The second-order valence-electron chi connectivity index (χ2n) is 5.25. The third-order valence-electron chi connectivity index (χ3n) is 3.54. The van der Waals surface area contributed by atoms with E-state index < -0.39 is 0 Å². The summed E-state index contributed by atoms with van der Waals surface area (Å²) in [6.45, 7) is 2.07. The summed E-state index contributed by atoms with van der Waals surface area (Å²) in [4.78, 5) is 1.05. The van der Waals surface area contributed by atoms with E-state index in [1.54, 1.807) is 11.9 Å². The van der Waals surface area contributed by atoms with Crippen LogP contribution in [0.4, 0.5) is 5.69 Å². The quantitative estimate of drug-likeness (QED) is 0.573. The molecule has 0 fully saturated rings. The number of benzene rings is 3. The Kier molecular flexibility index (Phi) is 5.28. The standard InChI is InChI=1S/C19H18N2S2/c1-14-6-9-18(19(12-14)23-20)21-22-11-10-15-7-8-16-4-2-3-5-17(16)13-15/h2-13,21H,20H2,1H3/b11-10+. The van der Waals surface area contributed by atoms with Gasteiger partial charge in [-0.3, -0.25) is 5.14 Å². The minimum Gasteiger partial charge on any atom is -0.325 e. The Morgan fingerprint density at radius 2 is 1.78 bits per heavy atom. The van der Waals surface area contributed by atoms with Gasteiger partial charge in [0.2, 0.25) is 0 Å². The number of anilines is 1. The first-order valence-electron chi connectivity index (χ1n) is 7.31. The molecule has 2 nitrogen and oxygen atoms in total. The molecule has 0 atom stereocenters. The number of nitrogens with two attached hydrogens (primary N) is 1. The highest BCUT2D eigenvalue weighted by Crippen LogP contribution is 2.27. The molecule has 3 aromatic carbocycles. The summed E-state index contributed by atoms with van der Waals surface area (Å²) in [5.41, 5.74) is 3.44. The van der Waals surface area contributed by atoms with Gasteiger partial charge < -0.3 is 4.72 Å². The van der Waals surface area contributed by atoms with Crippen LogP contribution in [0, 0.1) is 6.92 Å². The van der Waals surface area contributed by atoms with Gasteiger partial charge in [-0.15, -0.1) is 0 Å². The zero-order valence-corrected chi connectivity index (χ0v) is 14.5. The molecule has 0 amide bonds. The second kappa shape index (κ2) is 7.59. The lowest BCUT2D eigenvalue weighted by Gasteiger charge is -2.08. The molecule has 0 unspecified atom stereocenters. The minimum atomic E-state index is 1.04. The maximum absolute atomic E-state index is 5.72. The fourth-order valence-electron chi connectivity index (χ4n) is 2.33. The molecule has 0 aliphatic heterocycles. The van der Waals surface area contributed by atoms with Crippen LogP contribution >= 0.6 is 23.9 Å². The van der Waals surface area contributed by atoms with Crippen molar-refractivity contribution >= 4 is 46.4 Å². The van der Waals surface area contributed by atoms with E-state index in [9.17, 15) is 0 Å². The van der Waals surface area contributed by atoms with Gasteiger partial charge in [0.15, 0.2) is 0 Å². The second-order valence-corrected chi connectivity index (χ2v) is 6.63. The average Bonchev–Trinajstić information content (AvgIpc) is 2.59. The minimum absolute atomic E-state index is 1.04. The Labute approximate surface area is 145 Å². The third kappa shape index (κ3) is 4.10. The lowest BCUT2D eigenvalue weighted by Crippen LogP contribution is -1.90. The molecule has 3 rings (SSSR count). The summed E-state index contributed by atoms with van der Waals surface area (Å²) < 4.78 is 3.33. The molecule has 0 spiro atoms. The van der Waals surface area contributed by atoms with Crippen LogP contribution < -0.4 is 9.86 Å². The lowest BCUT2D eigenvalue weighted by atomic mass is 10.1. The van der Waals surface area contributed by atoms with Gasteiger partial charge in [0.1, 0.15) is 0 Å². The van der Waals surface area contributed by atoms with Gasteiger partial charge in [-0.2, -0.15) is 0 Å². The van der Waals surface area contributed by atoms with E-state index in [1.807, 2.05) is 0 Å². The van der Waals surface area contributed by atoms with Crippen molar-refractivity contribution in [2.45, 2.75) is 11.8 Å². The van der Waals surface area contributed by atoms with E-state index in [-0.39, 0.29) is 0 Å². The highest BCUT2D eigenvalue weighted by Gasteiger charge is 2.01. The van der Waals surface area contributed by atoms with Gasteiger partial charge in [0.25, 0.3) is 0 Å². The van der Waals surface area contributed by atoms with Crippen LogP contribution in [0.5, 0.6) is 0 Å². The number of rotatable bonds is 5. The van der Waals surface area contributed by atoms with Crippen LogP contribution in [0.25, 0.3) is 16.8 Å². The molecule has 0 saturated heterocycles. The van der Waals surface area contributed by atoms with Gasteiger partial charge in [-0.25, -0.2) is 0 Å². The molecule has 23 heavy (non-hydrogen) atoms. The molecule has 0 aliphatic rings. The van der Waals surface area contributed by atoms with E-state index in [4.69, 9.17) is 5.14 Å². The third-order valence-corrected chi connectivity index (χ3v) is 4.74. The molecular formula is C19H18N2S2. The van der Waals surface area contributed by atoms with Gasteiger partial charge in [0, 0.05) is 4.90 Å². The first kappa shape index (κ1) is 16.0. The van der Waals surface area contributed by atoms with Crippen molar-refractivity contribution in [1.82, 2.24) is 0 Å². The van der Waals surface area contributed by atoms with Crippen LogP contribution in [-0.4, -0.2) is 0 Å². The molecule has 0 bridgehead atoms. The van der Waals surface area contributed by atoms with Gasteiger partial charge in [-0.05, 0) is 82.4 Å². The molecule has 0 heterocycles. The highest BCUT2D eigenvalue weighted by atomic mass is 32.2. The van der Waals surface area contributed by atoms with Crippen LogP contribution in [-0.2, 0) is 0 Å². The van der Waals surface area contributed by atoms with Gasteiger partial charge in [0.05, 0.1) is 5.69 Å². The van der Waals surface area contributed by atoms with E-state index >= 15 is 0 Å². The van der Waals surface area contributed by atoms with E-state index in [1.165, 1.54) is 33.8 Å². The summed E-state index contributed by atoms with van der Waals surface area (Å²) in [6, 6.07) is 21.1. The molecule has 4 heteroatoms. The molecule has 0 radical (unpaired) electrons. The van der Waals surface area contributed by atoms with E-state index in [2.05, 4.69) is 83.8 Å².